The lowest BCUT2D eigenvalue weighted by Crippen LogP contribution is -2.53. The second-order valence-corrected chi connectivity index (χ2v) is 7.59. The Bertz CT molecular complexity index is 719. The van der Waals surface area contributed by atoms with Crippen molar-refractivity contribution in [3.05, 3.63) is 29.3 Å². The monoisotopic (exact) mass is 353 g/mol. The van der Waals surface area contributed by atoms with Crippen molar-refractivity contribution in [2.45, 2.75) is 51.2 Å². The maximum Gasteiger partial charge on any atom is 0.410 e. The molecule has 1 fully saturated rings. The number of carbonyl (C=O) groups is 2. The van der Waals surface area contributed by atoms with Crippen LogP contribution >= 0.6 is 0 Å². The minimum atomic E-state index is -0.906. The van der Waals surface area contributed by atoms with E-state index in [1.807, 2.05) is 0 Å². The van der Waals surface area contributed by atoms with E-state index in [9.17, 15) is 18.4 Å². The minimum absolute atomic E-state index is 0.0253. The van der Waals surface area contributed by atoms with E-state index in [1.54, 1.807) is 25.7 Å². The predicted octanol–water partition coefficient (Wildman–Crippen LogP) is 3.70. The van der Waals surface area contributed by atoms with Gasteiger partial charge in [-0.2, -0.15) is 0 Å². The summed E-state index contributed by atoms with van der Waals surface area (Å²) < 4.78 is 39.0. The van der Waals surface area contributed by atoms with E-state index in [-0.39, 0.29) is 17.7 Å². The van der Waals surface area contributed by atoms with Gasteiger partial charge in [0, 0.05) is 25.9 Å². The zero-order valence-electron chi connectivity index (χ0n) is 14.5. The number of ether oxygens (including phenoxy) is 2. The molecule has 0 aliphatic carbocycles. The molecule has 5 nitrogen and oxygen atoms in total. The molecule has 0 radical (unpaired) electrons. The number of halogens is 2. The first-order chi connectivity index (χ1) is 11.6. The van der Waals surface area contributed by atoms with Crippen molar-refractivity contribution in [3.8, 4) is 5.75 Å². The van der Waals surface area contributed by atoms with E-state index in [2.05, 4.69) is 0 Å². The van der Waals surface area contributed by atoms with Gasteiger partial charge >= 0.3 is 6.09 Å². The molecule has 1 aromatic carbocycles. The minimum Gasteiger partial charge on any atom is -0.483 e. The predicted molar refractivity (Wildman–Crippen MR) is 85.7 cm³/mol. The zero-order valence-corrected chi connectivity index (χ0v) is 14.5. The fourth-order valence-corrected chi connectivity index (χ4v) is 3.23. The molecule has 0 N–H and O–H groups in total. The molecule has 1 saturated heterocycles. The molecule has 1 spiro atoms. The van der Waals surface area contributed by atoms with E-state index in [0.717, 1.165) is 12.1 Å². The van der Waals surface area contributed by atoms with Gasteiger partial charge in [-0.25, -0.2) is 13.6 Å². The number of likely N-dealkylation sites (tertiary alicyclic amines) is 1. The number of rotatable bonds is 0. The van der Waals surface area contributed by atoms with Crippen LogP contribution in [-0.4, -0.2) is 41.1 Å². The number of benzene rings is 1. The molecule has 0 saturated carbocycles. The zero-order chi connectivity index (χ0) is 18.4. The van der Waals surface area contributed by atoms with E-state index >= 15 is 0 Å². The maximum atomic E-state index is 14.0. The van der Waals surface area contributed by atoms with Crippen molar-refractivity contribution in [2.75, 3.05) is 13.1 Å². The third kappa shape index (κ3) is 3.45. The van der Waals surface area contributed by atoms with Gasteiger partial charge in [0.1, 0.15) is 17.0 Å². The van der Waals surface area contributed by atoms with Gasteiger partial charge in [-0.05, 0) is 32.9 Å². The van der Waals surface area contributed by atoms with Gasteiger partial charge in [-0.1, -0.05) is 0 Å². The van der Waals surface area contributed by atoms with E-state index in [0.29, 0.717) is 25.9 Å². The quantitative estimate of drug-likeness (QED) is 0.714. The first-order valence-corrected chi connectivity index (χ1v) is 8.28. The molecule has 2 heterocycles. The van der Waals surface area contributed by atoms with Gasteiger partial charge in [0.25, 0.3) is 0 Å². The summed E-state index contributed by atoms with van der Waals surface area (Å²) in [6, 6.07) is 1.88. The SMILES string of the molecule is CC(C)(C)OC(=O)N1CCC2(CC1)CC(=O)c1c(F)ccc(F)c1O2. The van der Waals surface area contributed by atoms with Crippen molar-refractivity contribution in [2.24, 2.45) is 0 Å². The Balaban J connectivity index is 1.75. The van der Waals surface area contributed by atoms with Crippen molar-refractivity contribution in [1.29, 1.82) is 0 Å². The molecule has 0 unspecified atom stereocenters. The van der Waals surface area contributed by atoms with E-state index in [4.69, 9.17) is 9.47 Å². The van der Waals surface area contributed by atoms with Crippen LogP contribution in [0, 0.1) is 11.6 Å². The van der Waals surface area contributed by atoms with Crippen molar-refractivity contribution in [3.63, 3.8) is 0 Å². The molecule has 25 heavy (non-hydrogen) atoms. The van der Waals surface area contributed by atoms with Crippen LogP contribution in [0.2, 0.25) is 0 Å². The number of nitrogens with zero attached hydrogens (tertiary/aromatic N) is 1. The number of fused-ring (bicyclic) bond motifs is 1. The fraction of sp³-hybridized carbons (Fsp3) is 0.556. The standard InChI is InChI=1S/C18H21F2NO4/c1-17(2,3)25-16(23)21-8-6-18(7-9-21)10-13(22)14-11(19)4-5-12(20)15(14)24-18/h4-5H,6-10H2,1-3H3. The fourth-order valence-electron chi connectivity index (χ4n) is 3.23. The molecule has 1 aromatic rings. The molecule has 1 amide bonds. The van der Waals surface area contributed by atoms with Crippen LogP contribution in [0.3, 0.4) is 0 Å². The number of hydrogen-bond donors (Lipinski definition) is 0. The number of ketones is 1. The Morgan fingerprint density at radius 2 is 1.80 bits per heavy atom. The summed E-state index contributed by atoms with van der Waals surface area (Å²) in [5, 5.41) is 0. The van der Waals surface area contributed by atoms with Crippen LogP contribution in [0.25, 0.3) is 0 Å². The Hall–Kier alpha value is -2.18. The highest BCUT2D eigenvalue weighted by Crippen LogP contribution is 2.41. The van der Waals surface area contributed by atoms with Crippen LogP contribution < -0.4 is 4.74 Å². The van der Waals surface area contributed by atoms with Gasteiger partial charge in [0.15, 0.2) is 17.3 Å². The van der Waals surface area contributed by atoms with Crippen LogP contribution in [0.4, 0.5) is 13.6 Å². The first-order valence-electron chi connectivity index (χ1n) is 8.28. The van der Waals surface area contributed by atoms with Crippen molar-refractivity contribution < 1.29 is 27.8 Å². The number of Topliss-reactive ketones (excluding diaryl/α,β-unsaturated/α-hetero) is 1. The average Bonchev–Trinajstić information content (AvgIpc) is 2.49. The molecule has 136 valence electrons. The van der Waals surface area contributed by atoms with E-state index in [1.165, 1.54) is 0 Å². The van der Waals surface area contributed by atoms with Crippen LogP contribution in [0.15, 0.2) is 12.1 Å². The number of carbonyl (C=O) groups excluding carboxylic acids is 2. The maximum absolute atomic E-state index is 14.0. The highest BCUT2D eigenvalue weighted by molar-refractivity contribution is 6.00. The topological polar surface area (TPSA) is 55.8 Å². The molecular formula is C18H21F2NO4. The van der Waals surface area contributed by atoms with Gasteiger partial charge in [-0.3, -0.25) is 4.79 Å². The Kier molecular flexibility index (Phi) is 4.21. The third-order valence-corrected chi connectivity index (χ3v) is 4.47. The van der Waals surface area contributed by atoms with E-state index < -0.39 is 34.7 Å². The second kappa shape index (κ2) is 5.97. The molecule has 0 bridgehead atoms. The molecule has 2 aliphatic heterocycles. The highest BCUT2D eigenvalue weighted by Gasteiger charge is 2.46. The van der Waals surface area contributed by atoms with Gasteiger partial charge in [0.05, 0.1) is 12.0 Å². The Labute approximate surface area is 144 Å². The summed E-state index contributed by atoms with van der Waals surface area (Å²) in [5.74, 6) is -2.31. The van der Waals surface area contributed by atoms with Gasteiger partial charge in [-0.15, -0.1) is 0 Å². The molecule has 2 aliphatic rings. The third-order valence-electron chi connectivity index (χ3n) is 4.47. The number of amides is 1. The summed E-state index contributed by atoms with van der Waals surface area (Å²) in [7, 11) is 0. The Morgan fingerprint density at radius 1 is 1.20 bits per heavy atom. The summed E-state index contributed by atoms with van der Waals surface area (Å²) in [6.07, 6.45) is 0.255. The second-order valence-electron chi connectivity index (χ2n) is 7.59. The lowest BCUT2D eigenvalue weighted by molar-refractivity contribution is -0.0246. The number of piperidine rings is 1. The van der Waals surface area contributed by atoms with Crippen LogP contribution in [0.5, 0.6) is 5.75 Å². The summed E-state index contributed by atoms with van der Waals surface area (Å²) in [4.78, 5) is 26.0. The number of hydrogen-bond acceptors (Lipinski definition) is 4. The van der Waals surface area contributed by atoms with Crippen LogP contribution in [0.1, 0.15) is 50.4 Å². The molecule has 3 rings (SSSR count). The molecule has 7 heteroatoms. The lowest BCUT2D eigenvalue weighted by Gasteiger charge is -2.43. The summed E-state index contributed by atoms with van der Waals surface area (Å²) in [6.45, 7) is 6.01. The average molecular weight is 353 g/mol. The smallest absolute Gasteiger partial charge is 0.410 e. The van der Waals surface area contributed by atoms with Gasteiger partial charge < -0.3 is 14.4 Å². The summed E-state index contributed by atoms with van der Waals surface area (Å²) in [5.41, 5.74) is -1.82. The normalized spacial score (nSPS) is 19.4. The largest absolute Gasteiger partial charge is 0.483 e. The first kappa shape index (κ1) is 17.6. The lowest BCUT2D eigenvalue weighted by atomic mass is 9.82. The molecule has 0 aromatic heterocycles. The van der Waals surface area contributed by atoms with Crippen LogP contribution in [-0.2, 0) is 4.74 Å². The van der Waals surface area contributed by atoms with Gasteiger partial charge in [0.2, 0.25) is 0 Å². The van der Waals surface area contributed by atoms with Crippen molar-refractivity contribution in [1.82, 2.24) is 4.90 Å². The van der Waals surface area contributed by atoms with Crippen molar-refractivity contribution >= 4 is 11.9 Å². The summed E-state index contributed by atoms with van der Waals surface area (Å²) >= 11 is 0. The Morgan fingerprint density at radius 3 is 2.40 bits per heavy atom. The molecule has 0 atom stereocenters. The highest BCUT2D eigenvalue weighted by atomic mass is 19.1. The molecular weight excluding hydrogens is 332 g/mol.